The van der Waals surface area contributed by atoms with Gasteiger partial charge in [0.05, 0.1) is 23.0 Å². The van der Waals surface area contributed by atoms with E-state index in [0.29, 0.717) is 23.1 Å². The molecule has 0 amide bonds. The predicted molar refractivity (Wildman–Crippen MR) is 74.6 cm³/mol. The van der Waals surface area contributed by atoms with E-state index in [1.54, 1.807) is 6.07 Å². The quantitative estimate of drug-likeness (QED) is 0.820. The molecule has 0 radical (unpaired) electrons. The molecule has 0 saturated carbocycles. The lowest BCUT2D eigenvalue weighted by atomic mass is 10.1. The highest BCUT2D eigenvalue weighted by Gasteiger charge is 2.28. The van der Waals surface area contributed by atoms with Crippen LogP contribution in [0.2, 0.25) is 0 Å². The average Bonchev–Trinajstić information content (AvgIpc) is 2.77. The van der Waals surface area contributed by atoms with Gasteiger partial charge >= 0.3 is 0 Å². The van der Waals surface area contributed by atoms with Crippen molar-refractivity contribution < 1.29 is 18.3 Å². The molecule has 1 aromatic carbocycles. The smallest absolute Gasteiger partial charge is 0.152 e. The summed E-state index contributed by atoms with van der Waals surface area (Å²) in [4.78, 5) is 19.0. The number of benzene rings is 1. The first-order valence-corrected chi connectivity index (χ1v) is 8.20. The summed E-state index contributed by atoms with van der Waals surface area (Å²) in [5, 5.41) is 14.6. The van der Waals surface area contributed by atoms with Gasteiger partial charge in [-0.1, -0.05) is 6.07 Å². The van der Waals surface area contributed by atoms with Crippen LogP contribution in [0.5, 0.6) is 0 Å². The fourth-order valence-electron chi connectivity index (χ4n) is 2.40. The van der Waals surface area contributed by atoms with Crippen molar-refractivity contribution in [3.05, 3.63) is 30.1 Å². The van der Waals surface area contributed by atoms with Crippen molar-refractivity contribution in [3.63, 3.8) is 0 Å². The molecule has 1 atom stereocenters. The number of aromatic nitrogens is 2. The minimum absolute atomic E-state index is 0.0376. The molecule has 1 N–H and O–H groups in total. The number of carboxylic acid groups (broad SMARTS) is 1. The highest BCUT2D eigenvalue weighted by atomic mass is 32.2. The molecule has 1 fully saturated rings. The SMILES string of the molecule is O=C([O-])c1ccc2c(N[C@@H]3CCS(=O)(=O)C3)ncnc2c1. The summed E-state index contributed by atoms with van der Waals surface area (Å²) in [7, 11) is -2.98. The van der Waals surface area contributed by atoms with Crippen molar-refractivity contribution in [2.75, 3.05) is 16.8 Å². The van der Waals surface area contributed by atoms with Crippen molar-refractivity contribution in [1.82, 2.24) is 9.97 Å². The number of hydrogen-bond acceptors (Lipinski definition) is 7. The van der Waals surface area contributed by atoms with Crippen LogP contribution in [0.25, 0.3) is 10.9 Å². The lowest BCUT2D eigenvalue weighted by Crippen LogP contribution is -2.22. The molecule has 8 heteroatoms. The van der Waals surface area contributed by atoms with Gasteiger partial charge in [0.2, 0.25) is 0 Å². The molecule has 1 aliphatic rings. The lowest BCUT2D eigenvalue weighted by Gasteiger charge is -2.13. The highest BCUT2D eigenvalue weighted by molar-refractivity contribution is 7.91. The Hall–Kier alpha value is -2.22. The second kappa shape index (κ2) is 4.96. The van der Waals surface area contributed by atoms with Crippen LogP contribution in [-0.2, 0) is 9.84 Å². The third kappa shape index (κ3) is 2.80. The third-order valence-electron chi connectivity index (χ3n) is 3.45. The Labute approximate surface area is 121 Å². The van der Waals surface area contributed by atoms with Gasteiger partial charge in [0.1, 0.15) is 12.1 Å². The molecule has 7 nitrogen and oxygen atoms in total. The number of rotatable bonds is 3. The first-order chi connectivity index (χ1) is 9.94. The summed E-state index contributed by atoms with van der Waals surface area (Å²) in [5.41, 5.74) is 0.505. The molecule has 3 rings (SSSR count). The normalized spacial score (nSPS) is 20.5. The monoisotopic (exact) mass is 306 g/mol. The van der Waals surface area contributed by atoms with Crippen molar-refractivity contribution in [2.24, 2.45) is 0 Å². The number of aromatic carboxylic acids is 1. The molecular weight excluding hydrogens is 294 g/mol. The van der Waals surface area contributed by atoms with Gasteiger partial charge in [-0.25, -0.2) is 18.4 Å². The van der Waals surface area contributed by atoms with Gasteiger partial charge in [-0.05, 0) is 24.1 Å². The van der Waals surface area contributed by atoms with Crippen LogP contribution in [0.3, 0.4) is 0 Å². The Morgan fingerprint density at radius 1 is 1.33 bits per heavy atom. The van der Waals surface area contributed by atoms with E-state index in [1.165, 1.54) is 18.5 Å². The largest absolute Gasteiger partial charge is 0.545 e. The number of sulfone groups is 1. The van der Waals surface area contributed by atoms with E-state index in [1.807, 2.05) is 0 Å². The second-order valence-corrected chi connectivity index (χ2v) is 7.21. The molecule has 21 heavy (non-hydrogen) atoms. The van der Waals surface area contributed by atoms with Gasteiger partial charge in [-0.3, -0.25) is 0 Å². The van der Waals surface area contributed by atoms with E-state index in [9.17, 15) is 18.3 Å². The van der Waals surface area contributed by atoms with Crippen LogP contribution < -0.4 is 10.4 Å². The Kier molecular flexibility index (Phi) is 3.25. The number of carbonyl (C=O) groups excluding carboxylic acids is 1. The zero-order chi connectivity index (χ0) is 15.0. The molecule has 1 saturated heterocycles. The van der Waals surface area contributed by atoms with E-state index < -0.39 is 15.8 Å². The maximum Gasteiger partial charge on any atom is 0.152 e. The van der Waals surface area contributed by atoms with Crippen molar-refractivity contribution >= 4 is 32.5 Å². The Morgan fingerprint density at radius 2 is 2.14 bits per heavy atom. The number of nitrogens with zero attached hydrogens (tertiary/aromatic N) is 2. The van der Waals surface area contributed by atoms with E-state index in [0.717, 1.165) is 0 Å². The number of anilines is 1. The molecule has 2 heterocycles. The Bertz CT molecular complexity index is 819. The molecule has 0 unspecified atom stereocenters. The average molecular weight is 306 g/mol. The van der Waals surface area contributed by atoms with E-state index in [4.69, 9.17) is 0 Å². The number of nitrogens with one attached hydrogen (secondary N) is 1. The van der Waals surface area contributed by atoms with E-state index in [-0.39, 0.29) is 23.1 Å². The number of carboxylic acids is 1. The van der Waals surface area contributed by atoms with Gasteiger partial charge < -0.3 is 15.2 Å². The van der Waals surface area contributed by atoms with Gasteiger partial charge in [-0.15, -0.1) is 0 Å². The zero-order valence-electron chi connectivity index (χ0n) is 10.9. The summed E-state index contributed by atoms with van der Waals surface area (Å²) in [6.45, 7) is 0. The molecular formula is C13H12N3O4S-. The van der Waals surface area contributed by atoms with Crippen LogP contribution >= 0.6 is 0 Å². The predicted octanol–water partition coefficient (Wildman–Crippen LogP) is -0.408. The lowest BCUT2D eigenvalue weighted by molar-refractivity contribution is -0.255. The van der Waals surface area contributed by atoms with Gasteiger partial charge in [0.15, 0.2) is 9.84 Å². The first kappa shape index (κ1) is 13.7. The van der Waals surface area contributed by atoms with Crippen molar-refractivity contribution in [2.45, 2.75) is 12.5 Å². The number of carbonyl (C=O) groups is 1. The van der Waals surface area contributed by atoms with Crippen LogP contribution in [0.4, 0.5) is 5.82 Å². The van der Waals surface area contributed by atoms with E-state index in [2.05, 4.69) is 15.3 Å². The summed E-state index contributed by atoms with van der Waals surface area (Å²) < 4.78 is 22.9. The fraction of sp³-hybridized carbons (Fsp3) is 0.308. The topological polar surface area (TPSA) is 112 Å². The van der Waals surface area contributed by atoms with Crippen LogP contribution in [-0.4, -0.2) is 41.9 Å². The third-order valence-corrected chi connectivity index (χ3v) is 5.21. The minimum atomic E-state index is -2.98. The molecule has 2 aromatic rings. The van der Waals surface area contributed by atoms with Crippen LogP contribution in [0, 0.1) is 0 Å². The summed E-state index contributed by atoms with van der Waals surface area (Å²) in [6, 6.07) is 4.22. The minimum Gasteiger partial charge on any atom is -0.545 e. The summed E-state index contributed by atoms with van der Waals surface area (Å²) in [5.74, 6) is -0.517. The second-order valence-electron chi connectivity index (χ2n) is 4.99. The molecule has 0 aliphatic carbocycles. The molecule has 1 aromatic heterocycles. The Morgan fingerprint density at radius 3 is 2.81 bits per heavy atom. The standard InChI is InChI=1S/C13H13N3O4S/c17-13(18)8-1-2-10-11(5-8)14-7-15-12(10)16-9-3-4-21(19,20)6-9/h1-2,5,7,9H,3-4,6H2,(H,17,18)(H,14,15,16)/p-1/t9-/m1/s1. The Balaban J connectivity index is 1.94. The number of hydrogen-bond donors (Lipinski definition) is 1. The molecule has 0 spiro atoms. The highest BCUT2D eigenvalue weighted by Crippen LogP contribution is 2.23. The maximum atomic E-state index is 11.5. The van der Waals surface area contributed by atoms with Gasteiger partial charge in [0, 0.05) is 11.4 Å². The van der Waals surface area contributed by atoms with E-state index >= 15 is 0 Å². The summed E-state index contributed by atoms with van der Waals surface area (Å²) >= 11 is 0. The van der Waals surface area contributed by atoms with Crippen molar-refractivity contribution in [3.8, 4) is 0 Å². The number of fused-ring (bicyclic) bond motifs is 1. The van der Waals surface area contributed by atoms with Crippen LogP contribution in [0.15, 0.2) is 24.5 Å². The van der Waals surface area contributed by atoms with Gasteiger partial charge in [-0.2, -0.15) is 0 Å². The van der Waals surface area contributed by atoms with Crippen molar-refractivity contribution in [1.29, 1.82) is 0 Å². The molecule has 110 valence electrons. The zero-order valence-corrected chi connectivity index (χ0v) is 11.8. The van der Waals surface area contributed by atoms with Crippen LogP contribution in [0.1, 0.15) is 16.8 Å². The molecule has 1 aliphatic heterocycles. The fourth-order valence-corrected chi connectivity index (χ4v) is 4.07. The first-order valence-electron chi connectivity index (χ1n) is 6.38. The maximum absolute atomic E-state index is 11.5. The van der Waals surface area contributed by atoms with Gasteiger partial charge in [0.25, 0.3) is 0 Å². The molecule has 0 bridgehead atoms. The summed E-state index contributed by atoms with van der Waals surface area (Å²) in [6.07, 6.45) is 1.85.